The number of hydrogen-bond acceptors (Lipinski definition) is 4. The maximum atomic E-state index is 13.5. The number of benzene rings is 1. The van der Waals surface area contributed by atoms with Crippen LogP contribution >= 0.6 is 0 Å². The fourth-order valence-corrected chi connectivity index (χ4v) is 3.68. The minimum atomic E-state index is -0.000813. The van der Waals surface area contributed by atoms with Crippen LogP contribution in [-0.2, 0) is 0 Å². The van der Waals surface area contributed by atoms with Gasteiger partial charge in [-0.25, -0.2) is 4.98 Å². The number of piperidine rings is 1. The summed E-state index contributed by atoms with van der Waals surface area (Å²) in [4.78, 5) is 19.9. The van der Waals surface area contributed by atoms with Crippen molar-refractivity contribution in [3.63, 3.8) is 0 Å². The number of fused-ring (bicyclic) bond motifs is 1. The Morgan fingerprint density at radius 1 is 1.27 bits per heavy atom. The van der Waals surface area contributed by atoms with Crippen molar-refractivity contribution in [1.82, 2.24) is 20.1 Å². The van der Waals surface area contributed by atoms with Gasteiger partial charge in [-0.15, -0.1) is 0 Å². The zero-order valence-electron chi connectivity index (χ0n) is 15.0. The molecule has 6 heteroatoms. The van der Waals surface area contributed by atoms with Crippen molar-refractivity contribution in [2.24, 2.45) is 0 Å². The molecule has 1 aliphatic rings. The molecule has 1 unspecified atom stereocenters. The predicted octanol–water partition coefficient (Wildman–Crippen LogP) is 3.64. The number of nitrogens with one attached hydrogen (secondary N) is 1. The van der Waals surface area contributed by atoms with E-state index >= 15 is 0 Å². The number of aryl methyl sites for hydroxylation is 1. The van der Waals surface area contributed by atoms with Gasteiger partial charge in [-0.1, -0.05) is 18.2 Å². The van der Waals surface area contributed by atoms with Gasteiger partial charge in [0.2, 0.25) is 5.88 Å². The van der Waals surface area contributed by atoms with Crippen LogP contribution in [-0.4, -0.2) is 39.6 Å². The summed E-state index contributed by atoms with van der Waals surface area (Å²) >= 11 is 0. The summed E-state index contributed by atoms with van der Waals surface area (Å²) in [6, 6.07) is 11.5. The number of hydrogen-bond donors (Lipinski definition) is 1. The van der Waals surface area contributed by atoms with Crippen LogP contribution in [0.4, 0.5) is 0 Å². The Morgan fingerprint density at radius 3 is 2.88 bits per heavy atom. The summed E-state index contributed by atoms with van der Waals surface area (Å²) in [6.07, 6.45) is 3.03. The number of ether oxygens (including phenoxy) is 1. The summed E-state index contributed by atoms with van der Waals surface area (Å²) in [7, 11) is 1.57. The van der Waals surface area contributed by atoms with Crippen molar-refractivity contribution in [2.75, 3.05) is 13.7 Å². The second-order valence-corrected chi connectivity index (χ2v) is 6.72. The zero-order valence-corrected chi connectivity index (χ0v) is 15.0. The van der Waals surface area contributed by atoms with Crippen molar-refractivity contribution in [1.29, 1.82) is 0 Å². The Bertz CT molecular complexity index is 950. The van der Waals surface area contributed by atoms with Crippen LogP contribution in [0.25, 0.3) is 10.9 Å². The van der Waals surface area contributed by atoms with E-state index in [-0.39, 0.29) is 11.9 Å². The summed E-state index contributed by atoms with van der Waals surface area (Å²) in [5.74, 6) is 0.462. The van der Waals surface area contributed by atoms with Gasteiger partial charge in [-0.05, 0) is 38.3 Å². The van der Waals surface area contributed by atoms with Crippen LogP contribution in [0, 0.1) is 6.92 Å². The number of methoxy groups -OCH3 is 1. The largest absolute Gasteiger partial charge is 0.481 e. The van der Waals surface area contributed by atoms with Crippen LogP contribution in [0.2, 0.25) is 0 Å². The molecule has 4 rings (SSSR count). The molecule has 26 heavy (non-hydrogen) atoms. The third-order valence-corrected chi connectivity index (χ3v) is 4.96. The first-order valence-corrected chi connectivity index (χ1v) is 8.94. The number of amides is 1. The number of likely N-dealkylation sites (tertiary alicyclic amines) is 1. The highest BCUT2D eigenvalue weighted by atomic mass is 16.5. The molecule has 134 valence electrons. The Labute approximate surface area is 152 Å². The molecule has 6 nitrogen and oxygen atoms in total. The molecule has 1 atom stereocenters. The smallest absolute Gasteiger partial charge is 0.255 e. The lowest BCUT2D eigenvalue weighted by atomic mass is 9.97. The Balaban J connectivity index is 1.77. The number of pyridine rings is 1. The maximum absolute atomic E-state index is 13.5. The highest BCUT2D eigenvalue weighted by Gasteiger charge is 2.31. The molecular formula is C20H22N4O2. The molecular weight excluding hydrogens is 328 g/mol. The molecule has 1 aliphatic heterocycles. The van der Waals surface area contributed by atoms with Crippen molar-refractivity contribution >= 4 is 16.8 Å². The van der Waals surface area contributed by atoms with Crippen molar-refractivity contribution in [3.05, 3.63) is 53.3 Å². The van der Waals surface area contributed by atoms with Gasteiger partial charge >= 0.3 is 0 Å². The quantitative estimate of drug-likeness (QED) is 0.783. The molecule has 1 N–H and O–H groups in total. The molecule has 2 aromatic heterocycles. The normalized spacial score (nSPS) is 17.5. The monoisotopic (exact) mass is 350 g/mol. The Morgan fingerprint density at radius 2 is 2.12 bits per heavy atom. The third kappa shape index (κ3) is 2.92. The first-order valence-electron chi connectivity index (χ1n) is 8.94. The second kappa shape index (κ2) is 6.78. The third-order valence-electron chi connectivity index (χ3n) is 4.96. The Kier molecular flexibility index (Phi) is 4.32. The molecule has 3 aromatic rings. The molecule has 1 amide bonds. The minimum Gasteiger partial charge on any atom is -0.481 e. The molecule has 1 saturated heterocycles. The van der Waals surface area contributed by atoms with Gasteiger partial charge < -0.3 is 9.64 Å². The number of rotatable bonds is 3. The number of H-pyrrole nitrogens is 1. The van der Waals surface area contributed by atoms with Gasteiger partial charge in [0.05, 0.1) is 29.9 Å². The molecule has 0 bridgehead atoms. The maximum Gasteiger partial charge on any atom is 0.255 e. The van der Waals surface area contributed by atoms with Crippen molar-refractivity contribution < 1.29 is 9.53 Å². The lowest BCUT2D eigenvalue weighted by Gasteiger charge is -2.35. The molecule has 1 aromatic carbocycles. The average molecular weight is 350 g/mol. The van der Waals surface area contributed by atoms with Gasteiger partial charge in [-0.3, -0.25) is 9.89 Å². The first-order chi connectivity index (χ1) is 12.7. The van der Waals surface area contributed by atoms with Crippen molar-refractivity contribution in [2.45, 2.75) is 32.2 Å². The van der Waals surface area contributed by atoms with E-state index in [2.05, 4.69) is 15.2 Å². The van der Waals surface area contributed by atoms with Crippen LogP contribution in [0.1, 0.15) is 47.1 Å². The number of nitrogens with zero attached hydrogens (tertiary/aromatic N) is 3. The molecule has 0 aliphatic carbocycles. The van der Waals surface area contributed by atoms with E-state index in [0.717, 1.165) is 48.1 Å². The van der Waals surface area contributed by atoms with Crippen LogP contribution < -0.4 is 4.74 Å². The van der Waals surface area contributed by atoms with Gasteiger partial charge in [0, 0.05) is 23.7 Å². The summed E-state index contributed by atoms with van der Waals surface area (Å²) in [6.45, 7) is 2.71. The number of aromatic nitrogens is 3. The van der Waals surface area contributed by atoms with E-state index in [1.54, 1.807) is 13.2 Å². The number of aromatic amines is 1. The standard InChI is InChI=1S/C20H22N4O2/c1-13-11-17(23-22-13)18-9-5-6-10-24(18)20(25)15-12-19(26-2)21-16-8-4-3-7-14(15)16/h3-4,7-8,11-12,18H,5-6,9-10H2,1-2H3,(H,22,23). The lowest BCUT2D eigenvalue weighted by molar-refractivity contribution is 0.0607. The lowest BCUT2D eigenvalue weighted by Crippen LogP contribution is -2.38. The van der Waals surface area contributed by atoms with Crippen LogP contribution in [0.5, 0.6) is 5.88 Å². The highest BCUT2D eigenvalue weighted by molar-refractivity contribution is 6.06. The highest BCUT2D eigenvalue weighted by Crippen LogP contribution is 2.33. The molecule has 0 radical (unpaired) electrons. The zero-order chi connectivity index (χ0) is 18.1. The summed E-state index contributed by atoms with van der Waals surface area (Å²) < 4.78 is 5.32. The number of para-hydroxylation sites is 1. The minimum absolute atomic E-state index is 0.000813. The van der Waals surface area contributed by atoms with E-state index in [0.29, 0.717) is 11.4 Å². The summed E-state index contributed by atoms with van der Waals surface area (Å²) in [5, 5.41) is 8.25. The molecule has 3 heterocycles. The summed E-state index contributed by atoms with van der Waals surface area (Å²) in [5.41, 5.74) is 3.33. The fourth-order valence-electron chi connectivity index (χ4n) is 3.68. The Hall–Kier alpha value is -2.89. The SMILES string of the molecule is COc1cc(C(=O)N2CCCCC2c2cc(C)[nH]n2)c2ccccc2n1. The van der Waals surface area contributed by atoms with Crippen LogP contribution in [0.3, 0.4) is 0 Å². The number of carbonyl (C=O) groups excluding carboxylic acids is 1. The molecule has 1 fully saturated rings. The van der Waals surface area contributed by atoms with E-state index in [9.17, 15) is 4.79 Å². The van der Waals surface area contributed by atoms with E-state index in [4.69, 9.17) is 4.74 Å². The van der Waals surface area contributed by atoms with Crippen molar-refractivity contribution in [3.8, 4) is 5.88 Å². The second-order valence-electron chi connectivity index (χ2n) is 6.72. The average Bonchev–Trinajstić information content (AvgIpc) is 3.12. The van der Waals surface area contributed by atoms with Crippen LogP contribution in [0.15, 0.2) is 36.4 Å². The predicted molar refractivity (Wildman–Crippen MR) is 99.2 cm³/mol. The van der Waals surface area contributed by atoms with Gasteiger partial charge in [-0.2, -0.15) is 5.10 Å². The van der Waals surface area contributed by atoms with E-state index in [1.807, 2.05) is 42.2 Å². The molecule has 0 spiro atoms. The van der Waals surface area contributed by atoms with Gasteiger partial charge in [0.15, 0.2) is 0 Å². The fraction of sp³-hybridized carbons (Fsp3) is 0.350. The van der Waals surface area contributed by atoms with E-state index < -0.39 is 0 Å². The van der Waals surface area contributed by atoms with E-state index in [1.165, 1.54) is 0 Å². The number of carbonyl (C=O) groups is 1. The molecule has 0 saturated carbocycles. The first kappa shape index (κ1) is 16.6. The topological polar surface area (TPSA) is 71.1 Å². The van der Waals surface area contributed by atoms with Gasteiger partial charge in [0.1, 0.15) is 0 Å². The van der Waals surface area contributed by atoms with Gasteiger partial charge in [0.25, 0.3) is 5.91 Å².